The minimum Gasteiger partial charge on any atom is -0.493 e. The summed E-state index contributed by atoms with van der Waals surface area (Å²) < 4.78 is 10.6. The van der Waals surface area contributed by atoms with Gasteiger partial charge in [-0.1, -0.05) is 11.6 Å². The Kier molecular flexibility index (Phi) is 9.12. The van der Waals surface area contributed by atoms with Crippen molar-refractivity contribution in [3.05, 3.63) is 22.7 Å². The zero-order valence-electron chi connectivity index (χ0n) is 11.6. The summed E-state index contributed by atoms with van der Waals surface area (Å²) in [6, 6.07) is 3.54. The van der Waals surface area contributed by atoms with Gasteiger partial charge < -0.3 is 20.5 Å². The molecule has 0 aromatic heterocycles. The van der Waals surface area contributed by atoms with Gasteiger partial charge in [-0.25, -0.2) is 0 Å². The molecule has 0 aliphatic rings. The second-order valence-electron chi connectivity index (χ2n) is 3.86. The fraction of sp³-hybridized carbons (Fsp3) is 0.462. The number of nitrogens with two attached hydrogens (primary N) is 1. The van der Waals surface area contributed by atoms with Crippen molar-refractivity contribution in [2.45, 2.75) is 19.9 Å². The summed E-state index contributed by atoms with van der Waals surface area (Å²) in [7, 11) is 1.55. The lowest BCUT2D eigenvalue weighted by Gasteiger charge is -2.13. The van der Waals surface area contributed by atoms with E-state index in [1.54, 1.807) is 19.2 Å². The van der Waals surface area contributed by atoms with Gasteiger partial charge in [-0.2, -0.15) is 0 Å². The lowest BCUT2D eigenvalue weighted by atomic mass is 10.2. The monoisotopic (exact) mass is 322 g/mol. The Morgan fingerprint density at radius 2 is 2.15 bits per heavy atom. The van der Waals surface area contributed by atoms with Gasteiger partial charge in [0, 0.05) is 19.5 Å². The van der Waals surface area contributed by atoms with Gasteiger partial charge in [0.1, 0.15) is 0 Å². The number of ether oxygens (including phenoxy) is 2. The van der Waals surface area contributed by atoms with Crippen molar-refractivity contribution < 1.29 is 14.3 Å². The van der Waals surface area contributed by atoms with Gasteiger partial charge in [-0.15, -0.1) is 12.4 Å². The highest BCUT2D eigenvalue weighted by molar-refractivity contribution is 6.32. The van der Waals surface area contributed by atoms with Gasteiger partial charge >= 0.3 is 0 Å². The number of nitrogens with one attached hydrogen (secondary N) is 1. The van der Waals surface area contributed by atoms with Crippen molar-refractivity contribution in [3.63, 3.8) is 0 Å². The molecule has 0 spiro atoms. The van der Waals surface area contributed by atoms with Crippen molar-refractivity contribution in [3.8, 4) is 11.5 Å². The van der Waals surface area contributed by atoms with E-state index >= 15 is 0 Å². The molecule has 0 aliphatic heterocycles. The van der Waals surface area contributed by atoms with Crippen molar-refractivity contribution in [1.29, 1.82) is 0 Å². The standard InChI is InChI=1S/C13H19ClN2O3.ClH/c1-3-19-13-10(14)6-9(7-11(13)18-2)8-16-12(17)4-5-15;/h6-7H,3-5,8,15H2,1-2H3,(H,16,17);1H. The van der Waals surface area contributed by atoms with Crippen LogP contribution < -0.4 is 20.5 Å². The van der Waals surface area contributed by atoms with E-state index in [4.69, 9.17) is 26.8 Å². The molecule has 5 nitrogen and oxygen atoms in total. The Hall–Kier alpha value is -1.17. The summed E-state index contributed by atoms with van der Waals surface area (Å²) >= 11 is 6.13. The highest BCUT2D eigenvalue weighted by Crippen LogP contribution is 2.36. The third-order valence-corrected chi connectivity index (χ3v) is 2.72. The first-order valence-corrected chi connectivity index (χ1v) is 6.46. The van der Waals surface area contributed by atoms with Crippen LogP contribution in [0, 0.1) is 0 Å². The summed E-state index contributed by atoms with van der Waals surface area (Å²) in [6.07, 6.45) is 0.307. The zero-order chi connectivity index (χ0) is 14.3. The van der Waals surface area contributed by atoms with E-state index in [9.17, 15) is 4.79 Å². The molecular weight excluding hydrogens is 303 g/mol. The maximum Gasteiger partial charge on any atom is 0.221 e. The normalized spacial score (nSPS) is 9.60. The Bertz CT molecular complexity index is 442. The number of carbonyl (C=O) groups excluding carboxylic acids is 1. The molecule has 0 aliphatic carbocycles. The first kappa shape index (κ1) is 18.8. The Labute approximate surface area is 130 Å². The zero-order valence-corrected chi connectivity index (χ0v) is 13.1. The highest BCUT2D eigenvalue weighted by Gasteiger charge is 2.12. The average Bonchev–Trinajstić information content (AvgIpc) is 2.39. The van der Waals surface area contributed by atoms with Crippen LogP contribution in [-0.2, 0) is 11.3 Å². The third kappa shape index (κ3) is 5.45. The van der Waals surface area contributed by atoms with E-state index in [1.165, 1.54) is 0 Å². The molecule has 0 bridgehead atoms. The van der Waals surface area contributed by atoms with Gasteiger partial charge in [0.05, 0.1) is 18.7 Å². The topological polar surface area (TPSA) is 73.6 Å². The number of amides is 1. The molecule has 1 aromatic carbocycles. The van der Waals surface area contributed by atoms with Gasteiger partial charge in [-0.05, 0) is 24.6 Å². The Morgan fingerprint density at radius 1 is 1.45 bits per heavy atom. The fourth-order valence-electron chi connectivity index (χ4n) is 1.58. The molecule has 3 N–H and O–H groups in total. The number of methoxy groups -OCH3 is 1. The second-order valence-corrected chi connectivity index (χ2v) is 4.26. The van der Waals surface area contributed by atoms with Crippen LogP contribution in [0.1, 0.15) is 18.9 Å². The number of benzene rings is 1. The first-order valence-electron chi connectivity index (χ1n) is 6.08. The van der Waals surface area contributed by atoms with Crippen molar-refractivity contribution in [2.24, 2.45) is 5.73 Å². The lowest BCUT2D eigenvalue weighted by molar-refractivity contribution is -0.121. The van der Waals surface area contributed by atoms with E-state index in [1.807, 2.05) is 6.92 Å². The van der Waals surface area contributed by atoms with E-state index in [2.05, 4.69) is 5.32 Å². The minimum atomic E-state index is -0.0912. The molecule has 20 heavy (non-hydrogen) atoms. The minimum absolute atomic E-state index is 0. The van der Waals surface area contributed by atoms with Crippen LogP contribution in [0.15, 0.2) is 12.1 Å². The van der Waals surface area contributed by atoms with Crippen molar-refractivity contribution >= 4 is 29.9 Å². The van der Waals surface area contributed by atoms with Crippen LogP contribution in [0.5, 0.6) is 11.5 Å². The molecule has 7 heteroatoms. The Morgan fingerprint density at radius 3 is 2.70 bits per heavy atom. The molecule has 0 fully saturated rings. The first-order chi connectivity index (χ1) is 9.12. The molecule has 0 saturated heterocycles. The quantitative estimate of drug-likeness (QED) is 0.806. The van der Waals surface area contributed by atoms with Crippen LogP contribution in [0.25, 0.3) is 0 Å². The molecule has 0 atom stereocenters. The molecular formula is C13H20Cl2N2O3. The van der Waals surface area contributed by atoms with Crippen LogP contribution in [-0.4, -0.2) is 26.2 Å². The van der Waals surface area contributed by atoms with E-state index in [0.29, 0.717) is 42.6 Å². The molecule has 1 rings (SSSR count). The molecule has 1 aromatic rings. The summed E-state index contributed by atoms with van der Waals surface area (Å²) in [5.41, 5.74) is 6.15. The van der Waals surface area contributed by atoms with Crippen molar-refractivity contribution in [2.75, 3.05) is 20.3 Å². The largest absolute Gasteiger partial charge is 0.493 e. The lowest BCUT2D eigenvalue weighted by Crippen LogP contribution is -2.25. The van der Waals surface area contributed by atoms with Crippen molar-refractivity contribution in [1.82, 2.24) is 5.32 Å². The third-order valence-electron chi connectivity index (χ3n) is 2.44. The number of carbonyl (C=O) groups is 1. The van der Waals surface area contributed by atoms with E-state index in [0.717, 1.165) is 5.56 Å². The second kappa shape index (κ2) is 9.69. The summed E-state index contributed by atoms with van der Waals surface area (Å²) in [6.45, 7) is 3.08. The SMILES string of the molecule is CCOc1c(Cl)cc(CNC(=O)CCN)cc1OC.Cl. The summed E-state index contributed by atoms with van der Waals surface area (Å²) in [5, 5.41) is 3.22. The number of hydrogen-bond acceptors (Lipinski definition) is 4. The maximum absolute atomic E-state index is 11.3. The molecule has 1 amide bonds. The van der Waals surface area contributed by atoms with Crippen LogP contribution in [0.2, 0.25) is 5.02 Å². The predicted molar refractivity (Wildman–Crippen MR) is 81.9 cm³/mol. The summed E-state index contributed by atoms with van der Waals surface area (Å²) in [4.78, 5) is 11.3. The molecule has 0 unspecified atom stereocenters. The molecule has 0 heterocycles. The maximum atomic E-state index is 11.3. The molecule has 114 valence electrons. The van der Waals surface area contributed by atoms with Crippen LogP contribution >= 0.6 is 24.0 Å². The average molecular weight is 323 g/mol. The predicted octanol–water partition coefficient (Wildman–Crippen LogP) is 2.13. The highest BCUT2D eigenvalue weighted by atomic mass is 35.5. The molecule has 0 radical (unpaired) electrons. The fourth-order valence-corrected chi connectivity index (χ4v) is 1.87. The number of rotatable bonds is 7. The van der Waals surface area contributed by atoms with Gasteiger partial charge in [0.2, 0.25) is 5.91 Å². The Balaban J connectivity index is 0.00000361. The smallest absolute Gasteiger partial charge is 0.221 e. The van der Waals surface area contributed by atoms with E-state index < -0.39 is 0 Å². The number of hydrogen-bond donors (Lipinski definition) is 2. The van der Waals surface area contributed by atoms with Gasteiger partial charge in [0.25, 0.3) is 0 Å². The summed E-state index contributed by atoms with van der Waals surface area (Å²) in [5.74, 6) is 0.979. The van der Waals surface area contributed by atoms with Gasteiger partial charge in [-0.3, -0.25) is 4.79 Å². The molecule has 0 saturated carbocycles. The van der Waals surface area contributed by atoms with Gasteiger partial charge in [0.15, 0.2) is 11.5 Å². The van der Waals surface area contributed by atoms with Crippen LogP contribution in [0.4, 0.5) is 0 Å². The van der Waals surface area contributed by atoms with Crippen LogP contribution in [0.3, 0.4) is 0 Å². The number of halogens is 2. The van der Waals surface area contributed by atoms with E-state index in [-0.39, 0.29) is 18.3 Å².